The van der Waals surface area contributed by atoms with E-state index in [1.54, 1.807) is 36.8 Å². The zero-order chi connectivity index (χ0) is 15.2. The number of hydrogen-bond acceptors (Lipinski definition) is 6. The number of ketones is 1. The van der Waals surface area contributed by atoms with Gasteiger partial charge in [0.2, 0.25) is 5.91 Å². The molecule has 21 heavy (non-hydrogen) atoms. The summed E-state index contributed by atoms with van der Waals surface area (Å²) in [4.78, 5) is 27.1. The number of thiazole rings is 1. The maximum Gasteiger partial charge on any atom is 0.223 e. The van der Waals surface area contributed by atoms with Crippen LogP contribution in [0.4, 0.5) is 0 Å². The van der Waals surface area contributed by atoms with E-state index in [2.05, 4.69) is 4.98 Å². The van der Waals surface area contributed by atoms with Crippen LogP contribution in [0.2, 0.25) is 0 Å². The van der Waals surface area contributed by atoms with Crippen LogP contribution in [0.5, 0.6) is 5.75 Å². The lowest BCUT2D eigenvalue weighted by molar-refractivity contribution is -0.117. The maximum absolute atomic E-state index is 12.0. The van der Waals surface area contributed by atoms with E-state index in [4.69, 9.17) is 10.5 Å². The van der Waals surface area contributed by atoms with Crippen molar-refractivity contribution in [2.75, 3.05) is 12.9 Å². The van der Waals surface area contributed by atoms with Crippen LogP contribution >= 0.6 is 23.1 Å². The smallest absolute Gasteiger partial charge is 0.223 e. The minimum atomic E-state index is -0.411. The van der Waals surface area contributed by atoms with E-state index in [0.717, 1.165) is 10.1 Å². The molecule has 0 bridgehead atoms. The number of Topliss-reactive ketones (excluding diaryl/α,β-unsaturated/α-hetero) is 1. The maximum atomic E-state index is 12.0. The van der Waals surface area contributed by atoms with Crippen LogP contribution in [0.1, 0.15) is 16.1 Å². The van der Waals surface area contributed by atoms with E-state index in [1.165, 1.54) is 23.1 Å². The van der Waals surface area contributed by atoms with Crippen molar-refractivity contribution in [3.05, 3.63) is 40.9 Å². The monoisotopic (exact) mass is 322 g/mol. The highest BCUT2D eigenvalue weighted by Crippen LogP contribution is 2.24. The minimum Gasteiger partial charge on any atom is -0.497 e. The van der Waals surface area contributed by atoms with E-state index in [9.17, 15) is 9.59 Å². The number of methoxy groups -OCH3 is 1. The Kier molecular flexibility index (Phi) is 5.35. The molecule has 1 aromatic heterocycles. The van der Waals surface area contributed by atoms with Crippen molar-refractivity contribution in [3.8, 4) is 5.75 Å². The number of primary amides is 1. The standard InChI is InChI=1S/C14H14N2O3S2/c1-19-11-4-2-9(3-5-11)12(17)8-21-14-16-10(7-20-14)6-13(15)18/h2-5,7H,6,8H2,1H3,(H2,15,18). The second-order valence-corrected chi connectivity index (χ2v) is 6.27. The Morgan fingerprint density at radius 1 is 1.33 bits per heavy atom. The van der Waals surface area contributed by atoms with Gasteiger partial charge in [-0.05, 0) is 24.3 Å². The number of nitrogens with two attached hydrogens (primary N) is 1. The molecule has 0 fully saturated rings. The molecule has 0 radical (unpaired) electrons. The third kappa shape index (κ3) is 4.57. The molecule has 0 aliphatic heterocycles. The molecule has 7 heteroatoms. The first kappa shape index (κ1) is 15.5. The fourth-order valence-electron chi connectivity index (χ4n) is 1.60. The van der Waals surface area contributed by atoms with Crippen molar-refractivity contribution >= 4 is 34.8 Å². The highest BCUT2D eigenvalue weighted by molar-refractivity contribution is 8.01. The number of aromatic nitrogens is 1. The molecule has 0 atom stereocenters. The number of ether oxygens (including phenoxy) is 1. The van der Waals surface area contributed by atoms with Gasteiger partial charge in [-0.25, -0.2) is 4.98 Å². The Balaban J connectivity index is 1.91. The van der Waals surface area contributed by atoms with Gasteiger partial charge in [-0.3, -0.25) is 9.59 Å². The molecule has 110 valence electrons. The SMILES string of the molecule is COc1ccc(C(=O)CSc2nc(CC(N)=O)cs2)cc1. The molecule has 1 heterocycles. The molecular formula is C14H14N2O3S2. The van der Waals surface area contributed by atoms with Gasteiger partial charge < -0.3 is 10.5 Å². The Morgan fingerprint density at radius 2 is 2.05 bits per heavy atom. The number of thioether (sulfide) groups is 1. The summed E-state index contributed by atoms with van der Waals surface area (Å²) in [6, 6.07) is 6.99. The van der Waals surface area contributed by atoms with Crippen molar-refractivity contribution in [2.24, 2.45) is 5.73 Å². The van der Waals surface area contributed by atoms with Gasteiger partial charge in [0, 0.05) is 10.9 Å². The summed E-state index contributed by atoms with van der Waals surface area (Å²) < 4.78 is 5.81. The third-order valence-corrected chi connectivity index (χ3v) is 4.69. The van der Waals surface area contributed by atoms with Gasteiger partial charge in [-0.15, -0.1) is 11.3 Å². The lowest BCUT2D eigenvalue weighted by atomic mass is 10.1. The van der Waals surface area contributed by atoms with Crippen molar-refractivity contribution in [2.45, 2.75) is 10.8 Å². The number of hydrogen-bond donors (Lipinski definition) is 1. The second kappa shape index (κ2) is 7.24. The van der Waals surface area contributed by atoms with Crippen molar-refractivity contribution < 1.29 is 14.3 Å². The molecule has 2 rings (SSSR count). The summed E-state index contributed by atoms with van der Waals surface area (Å²) >= 11 is 2.76. The Hall–Kier alpha value is -1.86. The van der Waals surface area contributed by atoms with Gasteiger partial charge in [-0.2, -0.15) is 0 Å². The second-order valence-electron chi connectivity index (χ2n) is 4.19. The molecule has 0 saturated heterocycles. The quantitative estimate of drug-likeness (QED) is 0.624. The van der Waals surface area contributed by atoms with Gasteiger partial charge in [0.05, 0.1) is 25.0 Å². The van der Waals surface area contributed by atoms with Crippen molar-refractivity contribution in [1.82, 2.24) is 4.98 Å². The molecule has 0 spiro atoms. The van der Waals surface area contributed by atoms with Crippen molar-refractivity contribution in [3.63, 3.8) is 0 Å². The van der Waals surface area contributed by atoms with E-state index in [-0.39, 0.29) is 12.2 Å². The summed E-state index contributed by atoms with van der Waals surface area (Å²) in [6.45, 7) is 0. The van der Waals surface area contributed by atoms with Gasteiger partial charge >= 0.3 is 0 Å². The van der Waals surface area contributed by atoms with Gasteiger partial charge in [0.15, 0.2) is 10.1 Å². The first-order chi connectivity index (χ1) is 10.1. The largest absolute Gasteiger partial charge is 0.497 e. The summed E-state index contributed by atoms with van der Waals surface area (Å²) in [5.41, 5.74) is 6.39. The topological polar surface area (TPSA) is 82.3 Å². The number of nitrogens with zero attached hydrogens (tertiary/aromatic N) is 1. The number of rotatable bonds is 7. The zero-order valence-corrected chi connectivity index (χ0v) is 13.0. The molecule has 2 aromatic rings. The highest BCUT2D eigenvalue weighted by atomic mass is 32.2. The lowest BCUT2D eigenvalue weighted by Gasteiger charge is -2.02. The molecule has 2 N–H and O–H groups in total. The van der Waals surface area contributed by atoms with Crippen LogP contribution in [-0.4, -0.2) is 29.5 Å². The Morgan fingerprint density at radius 3 is 2.67 bits per heavy atom. The molecule has 5 nitrogen and oxygen atoms in total. The highest BCUT2D eigenvalue weighted by Gasteiger charge is 2.10. The predicted octanol–water partition coefficient (Wildman–Crippen LogP) is 2.15. The number of amides is 1. The Labute approximate surface area is 130 Å². The summed E-state index contributed by atoms with van der Waals surface area (Å²) in [7, 11) is 1.58. The fourth-order valence-corrected chi connectivity index (χ4v) is 3.34. The Bertz CT molecular complexity index is 638. The first-order valence-electron chi connectivity index (χ1n) is 6.11. The van der Waals surface area contributed by atoms with E-state index < -0.39 is 5.91 Å². The molecule has 0 unspecified atom stereocenters. The van der Waals surface area contributed by atoms with Crippen LogP contribution in [0.3, 0.4) is 0 Å². The molecule has 1 amide bonds. The first-order valence-corrected chi connectivity index (χ1v) is 7.98. The lowest BCUT2D eigenvalue weighted by Crippen LogP contribution is -2.13. The molecule has 1 aromatic carbocycles. The number of carbonyl (C=O) groups is 2. The molecular weight excluding hydrogens is 308 g/mol. The van der Waals surface area contributed by atoms with E-state index >= 15 is 0 Å². The summed E-state index contributed by atoms with van der Waals surface area (Å²) in [6.07, 6.45) is 0.128. The molecule has 0 aliphatic carbocycles. The summed E-state index contributed by atoms with van der Waals surface area (Å²) in [5, 5.41) is 1.78. The van der Waals surface area contributed by atoms with Crippen molar-refractivity contribution in [1.29, 1.82) is 0 Å². The molecule has 0 saturated carbocycles. The predicted molar refractivity (Wildman–Crippen MR) is 83.1 cm³/mol. The van der Waals surface area contributed by atoms with Crippen LogP contribution in [-0.2, 0) is 11.2 Å². The third-order valence-electron chi connectivity index (χ3n) is 2.62. The van der Waals surface area contributed by atoms with Gasteiger partial charge in [0.1, 0.15) is 5.75 Å². The normalized spacial score (nSPS) is 10.3. The van der Waals surface area contributed by atoms with Crippen LogP contribution in [0.25, 0.3) is 0 Å². The van der Waals surface area contributed by atoms with Crippen LogP contribution < -0.4 is 10.5 Å². The van der Waals surface area contributed by atoms with Gasteiger partial charge in [0.25, 0.3) is 0 Å². The molecule has 0 aliphatic rings. The van der Waals surface area contributed by atoms with Crippen LogP contribution in [0, 0.1) is 0 Å². The fraction of sp³-hybridized carbons (Fsp3) is 0.214. The average molecular weight is 322 g/mol. The van der Waals surface area contributed by atoms with Crippen LogP contribution in [0.15, 0.2) is 34.0 Å². The summed E-state index contributed by atoms with van der Waals surface area (Å²) in [5.74, 6) is 0.631. The van der Waals surface area contributed by atoms with E-state index in [0.29, 0.717) is 17.0 Å². The van der Waals surface area contributed by atoms with Gasteiger partial charge in [-0.1, -0.05) is 11.8 Å². The average Bonchev–Trinajstić information content (AvgIpc) is 2.91. The zero-order valence-electron chi connectivity index (χ0n) is 11.4. The number of carbonyl (C=O) groups excluding carboxylic acids is 2. The minimum absolute atomic E-state index is 0.0225. The van der Waals surface area contributed by atoms with E-state index in [1.807, 2.05) is 0 Å². The number of benzene rings is 1.